The molecule has 1 heterocycles. The Kier molecular flexibility index (Phi) is 10.8. The minimum Gasteiger partial charge on any atom is -0.322 e. The summed E-state index contributed by atoms with van der Waals surface area (Å²) < 4.78 is 26.8. The first-order chi connectivity index (χ1) is 18.3. The summed E-state index contributed by atoms with van der Waals surface area (Å²) in [5.74, 6) is 0.409. The quantitative estimate of drug-likeness (QED) is 0.352. The van der Waals surface area contributed by atoms with E-state index in [9.17, 15) is 13.2 Å². The maximum Gasteiger partial charge on any atom is 0.255 e. The van der Waals surface area contributed by atoms with E-state index >= 15 is 0 Å². The Morgan fingerprint density at radius 2 is 1.69 bits per heavy atom. The summed E-state index contributed by atoms with van der Waals surface area (Å²) in [4.78, 5) is 15.4. The van der Waals surface area contributed by atoms with Crippen LogP contribution in [-0.2, 0) is 21.9 Å². The molecule has 0 saturated carbocycles. The number of nitrogens with zero attached hydrogens (tertiary/aromatic N) is 2. The van der Waals surface area contributed by atoms with Gasteiger partial charge in [-0.05, 0) is 99.7 Å². The predicted octanol–water partition coefficient (Wildman–Crippen LogP) is 6.33. The molecule has 1 amide bonds. The lowest BCUT2D eigenvalue weighted by atomic mass is 9.87. The fourth-order valence-electron chi connectivity index (χ4n) is 5.33. The van der Waals surface area contributed by atoms with Crippen LogP contribution in [0.4, 0.5) is 5.69 Å². The smallest absolute Gasteiger partial charge is 0.255 e. The average Bonchev–Trinajstić information content (AvgIpc) is 2.88. The van der Waals surface area contributed by atoms with E-state index in [1.165, 1.54) is 11.1 Å². The Balaban J connectivity index is 1.59. The second-order valence-corrected chi connectivity index (χ2v) is 15.0. The number of carbonyl (C=O) groups excluding carboxylic acids is 1. The highest BCUT2D eigenvalue weighted by Crippen LogP contribution is 2.25. The Bertz CT molecular complexity index is 1180. The highest BCUT2D eigenvalue weighted by atomic mass is 32.2. The zero-order valence-corrected chi connectivity index (χ0v) is 25.9. The molecule has 1 N–H and O–H groups in total. The van der Waals surface area contributed by atoms with Crippen molar-refractivity contribution in [1.29, 1.82) is 0 Å². The number of amides is 1. The summed E-state index contributed by atoms with van der Waals surface area (Å²) in [6.07, 6.45) is 3.80. The standard InChI is InChI=1S/C32H49N3O3S/c1-8-18-34(23-26-16-19-35(20-17-26)39(37,38)24(2)3)25(4)21-27-10-9-11-30(22-27)33-31(36)28-12-14-29(15-13-28)32(5,6)7/h9-15,22,24-26H,8,16-21,23H2,1-7H3,(H,33,36). The van der Waals surface area contributed by atoms with E-state index < -0.39 is 10.0 Å². The van der Waals surface area contributed by atoms with Gasteiger partial charge in [0.15, 0.2) is 0 Å². The molecule has 0 radical (unpaired) electrons. The predicted molar refractivity (Wildman–Crippen MR) is 163 cm³/mol. The molecule has 2 aromatic carbocycles. The number of hydrogen-bond donors (Lipinski definition) is 1. The minimum atomic E-state index is -3.17. The molecule has 1 saturated heterocycles. The van der Waals surface area contributed by atoms with Crippen molar-refractivity contribution in [1.82, 2.24) is 9.21 Å². The molecular weight excluding hydrogens is 506 g/mol. The monoisotopic (exact) mass is 555 g/mol. The van der Waals surface area contributed by atoms with Crippen LogP contribution in [0.25, 0.3) is 0 Å². The molecule has 216 valence electrons. The highest BCUT2D eigenvalue weighted by molar-refractivity contribution is 7.89. The van der Waals surface area contributed by atoms with Crippen molar-refractivity contribution in [2.45, 2.75) is 90.9 Å². The van der Waals surface area contributed by atoms with Gasteiger partial charge < -0.3 is 10.2 Å². The molecule has 39 heavy (non-hydrogen) atoms. The van der Waals surface area contributed by atoms with Crippen LogP contribution in [0.2, 0.25) is 0 Å². The normalized spacial score (nSPS) is 16.5. The van der Waals surface area contributed by atoms with Gasteiger partial charge in [-0.15, -0.1) is 0 Å². The number of sulfonamides is 1. The SMILES string of the molecule is CCCN(CC1CCN(S(=O)(=O)C(C)C)CC1)C(C)Cc1cccc(NC(=O)c2ccc(C(C)(C)C)cc2)c1. The lowest BCUT2D eigenvalue weighted by Gasteiger charge is -2.37. The molecule has 1 unspecified atom stereocenters. The summed E-state index contributed by atoms with van der Waals surface area (Å²) in [7, 11) is -3.17. The van der Waals surface area contributed by atoms with Crippen LogP contribution in [0.3, 0.4) is 0 Å². The number of benzene rings is 2. The van der Waals surface area contributed by atoms with Gasteiger partial charge in [0, 0.05) is 36.9 Å². The van der Waals surface area contributed by atoms with Crippen molar-refractivity contribution in [3.63, 3.8) is 0 Å². The number of piperidine rings is 1. The van der Waals surface area contributed by atoms with Gasteiger partial charge in [0.05, 0.1) is 5.25 Å². The fraction of sp³-hybridized carbons (Fsp3) is 0.594. The van der Waals surface area contributed by atoms with Crippen molar-refractivity contribution in [2.75, 3.05) is 31.5 Å². The lowest BCUT2D eigenvalue weighted by Crippen LogP contribution is -2.45. The third kappa shape index (κ3) is 8.63. The topological polar surface area (TPSA) is 69.7 Å². The summed E-state index contributed by atoms with van der Waals surface area (Å²) >= 11 is 0. The van der Waals surface area contributed by atoms with Crippen LogP contribution in [0.15, 0.2) is 48.5 Å². The minimum absolute atomic E-state index is 0.0530. The summed E-state index contributed by atoms with van der Waals surface area (Å²) in [5.41, 5.74) is 3.92. The van der Waals surface area contributed by atoms with Crippen LogP contribution in [0.1, 0.15) is 89.2 Å². The number of rotatable bonds is 11. The van der Waals surface area contributed by atoms with Crippen molar-refractivity contribution < 1.29 is 13.2 Å². The van der Waals surface area contributed by atoms with Gasteiger partial charge in [0.2, 0.25) is 10.0 Å². The molecule has 2 aromatic rings. The van der Waals surface area contributed by atoms with Gasteiger partial charge in [-0.3, -0.25) is 4.79 Å². The Morgan fingerprint density at radius 1 is 1.05 bits per heavy atom. The van der Waals surface area contributed by atoms with Crippen LogP contribution >= 0.6 is 0 Å². The largest absolute Gasteiger partial charge is 0.322 e. The van der Waals surface area contributed by atoms with E-state index in [4.69, 9.17) is 0 Å². The van der Waals surface area contributed by atoms with Crippen LogP contribution in [0, 0.1) is 5.92 Å². The first-order valence-corrected chi connectivity index (χ1v) is 16.1. The van der Waals surface area contributed by atoms with Gasteiger partial charge in [0.1, 0.15) is 0 Å². The van der Waals surface area contributed by atoms with Crippen LogP contribution in [-0.4, -0.2) is 61.0 Å². The van der Waals surface area contributed by atoms with Crippen molar-refractivity contribution in [3.05, 3.63) is 65.2 Å². The Morgan fingerprint density at radius 3 is 2.26 bits per heavy atom. The third-order valence-electron chi connectivity index (χ3n) is 7.89. The molecule has 7 heteroatoms. The molecule has 0 spiro atoms. The molecule has 6 nitrogen and oxygen atoms in total. The third-order valence-corrected chi connectivity index (χ3v) is 10.2. The second-order valence-electron chi connectivity index (χ2n) is 12.5. The van der Waals surface area contributed by atoms with E-state index in [1.54, 1.807) is 18.2 Å². The van der Waals surface area contributed by atoms with Gasteiger partial charge >= 0.3 is 0 Å². The van der Waals surface area contributed by atoms with Gasteiger partial charge in [-0.1, -0.05) is 52.0 Å². The molecule has 0 aromatic heterocycles. The summed E-state index contributed by atoms with van der Waals surface area (Å²) in [6.45, 7) is 17.8. The second kappa shape index (κ2) is 13.4. The first-order valence-electron chi connectivity index (χ1n) is 14.5. The lowest BCUT2D eigenvalue weighted by molar-refractivity contribution is 0.102. The number of nitrogens with one attached hydrogen (secondary N) is 1. The zero-order valence-electron chi connectivity index (χ0n) is 25.0. The van der Waals surface area contributed by atoms with Crippen molar-refractivity contribution >= 4 is 21.6 Å². The van der Waals surface area contributed by atoms with Crippen molar-refractivity contribution in [2.24, 2.45) is 5.92 Å². The first kappa shape index (κ1) is 31.3. The molecule has 1 aliphatic rings. The van der Waals surface area contributed by atoms with E-state index in [-0.39, 0.29) is 16.6 Å². The van der Waals surface area contributed by atoms with Gasteiger partial charge in [-0.2, -0.15) is 0 Å². The molecule has 1 fully saturated rings. The molecule has 0 aliphatic carbocycles. The highest BCUT2D eigenvalue weighted by Gasteiger charge is 2.31. The van der Waals surface area contributed by atoms with Gasteiger partial charge in [-0.25, -0.2) is 12.7 Å². The van der Waals surface area contributed by atoms with E-state index in [2.05, 4.69) is 57.0 Å². The van der Waals surface area contributed by atoms with Crippen LogP contribution < -0.4 is 5.32 Å². The molecule has 1 atom stereocenters. The number of carbonyl (C=O) groups is 1. The molecular formula is C32H49N3O3S. The number of hydrogen-bond acceptors (Lipinski definition) is 4. The zero-order chi connectivity index (χ0) is 28.8. The van der Waals surface area contributed by atoms with E-state index in [1.807, 2.05) is 36.4 Å². The number of anilines is 1. The average molecular weight is 556 g/mol. The fourth-order valence-corrected chi connectivity index (χ4v) is 6.64. The molecule has 3 rings (SSSR count). The molecule has 0 bridgehead atoms. The Hall–Kier alpha value is -2.22. The summed E-state index contributed by atoms with van der Waals surface area (Å²) in [6, 6.07) is 16.4. The maximum absolute atomic E-state index is 12.9. The summed E-state index contributed by atoms with van der Waals surface area (Å²) in [5, 5.41) is 2.71. The van der Waals surface area contributed by atoms with E-state index in [0.717, 1.165) is 44.5 Å². The maximum atomic E-state index is 12.9. The Labute approximate surface area is 237 Å². The van der Waals surface area contributed by atoms with Crippen molar-refractivity contribution in [3.8, 4) is 0 Å². The van der Waals surface area contributed by atoms with Crippen LogP contribution in [0.5, 0.6) is 0 Å². The molecule has 1 aliphatic heterocycles. The van der Waals surface area contributed by atoms with Gasteiger partial charge in [0.25, 0.3) is 5.91 Å². The van der Waals surface area contributed by atoms with E-state index in [0.29, 0.717) is 30.6 Å².